The molecule has 0 spiro atoms. The van der Waals surface area contributed by atoms with Gasteiger partial charge in [-0.05, 0) is 65.8 Å². The van der Waals surface area contributed by atoms with Crippen LogP contribution in [0.15, 0.2) is 90.7 Å². The van der Waals surface area contributed by atoms with Crippen LogP contribution in [0.2, 0.25) is 0 Å². The number of hydrogen-bond acceptors (Lipinski definition) is 26. The summed E-state index contributed by atoms with van der Waals surface area (Å²) in [5, 5.41) is 139. The molecule has 0 aliphatic carbocycles. The Kier molecular flexibility index (Phi) is 18.5. The van der Waals surface area contributed by atoms with Crippen LogP contribution in [-0.4, -0.2) is 204 Å². The van der Waals surface area contributed by atoms with Crippen molar-refractivity contribution in [1.29, 1.82) is 0 Å². The second-order valence-electron chi connectivity index (χ2n) is 18.4. The number of aliphatic hydroxyl groups is 9. The molecule has 13 N–H and O–H groups in total. The number of phenols is 4. The molecule has 3 fully saturated rings. The van der Waals surface area contributed by atoms with Crippen molar-refractivity contribution in [2.24, 2.45) is 0 Å². The summed E-state index contributed by atoms with van der Waals surface area (Å²) in [7, 11) is 2.66. The van der Waals surface area contributed by atoms with E-state index in [1.165, 1.54) is 99.2 Å². The van der Waals surface area contributed by atoms with Crippen LogP contribution in [0.3, 0.4) is 0 Å². The topological polar surface area (TPSA) is 399 Å². The average molecular weight is 1110 g/mol. The van der Waals surface area contributed by atoms with E-state index in [0.717, 1.165) is 18.2 Å². The Labute approximate surface area is 448 Å². The molecule has 3 saturated heterocycles. The monoisotopic (exact) mass is 1110 g/mol. The highest BCUT2D eigenvalue weighted by Gasteiger charge is 2.53. The van der Waals surface area contributed by atoms with Crippen LogP contribution in [0.4, 0.5) is 0 Å². The SMILES string of the molecule is COc1cc(C=CC(=O)OCC2OC(OC3C(OC4=Cc5c(cc(O)cc5OC5OC(CO)C(O)C(O)C5O)OC4c4ccc(O)cc4)OC(COC(=O)C=Cc4ccc(O)c(OC)c4)C(O)C3O)C(O)C(O)C2O)ccc1O. The number of carbonyl (C=O) groups excluding carboxylic acids is 2. The van der Waals surface area contributed by atoms with Gasteiger partial charge in [-0.3, -0.25) is 0 Å². The fourth-order valence-corrected chi connectivity index (χ4v) is 8.68. The molecular formula is C53H58O26. The first-order valence-corrected chi connectivity index (χ1v) is 24.3. The minimum absolute atomic E-state index is 0.0460. The normalized spacial score (nSPS) is 30.6. The summed E-state index contributed by atoms with van der Waals surface area (Å²) < 4.78 is 63.3. The van der Waals surface area contributed by atoms with Crippen LogP contribution in [0.5, 0.6) is 46.0 Å². The molecule has 4 aliphatic rings. The number of aromatic hydroxyl groups is 4. The van der Waals surface area contributed by atoms with E-state index in [4.69, 9.17) is 52.1 Å². The van der Waals surface area contributed by atoms with Crippen molar-refractivity contribution in [3.05, 3.63) is 113 Å². The van der Waals surface area contributed by atoms with Crippen molar-refractivity contribution < 1.29 is 128 Å². The second-order valence-corrected chi connectivity index (χ2v) is 18.4. The number of benzene rings is 4. The first kappa shape index (κ1) is 57.9. The third-order valence-corrected chi connectivity index (χ3v) is 13.0. The number of rotatable bonds is 18. The van der Waals surface area contributed by atoms with E-state index in [2.05, 4.69) is 0 Å². The summed E-state index contributed by atoms with van der Waals surface area (Å²) >= 11 is 0. The highest BCUT2D eigenvalue weighted by atomic mass is 16.8. The van der Waals surface area contributed by atoms with Gasteiger partial charge in [0.2, 0.25) is 12.6 Å². The predicted molar refractivity (Wildman–Crippen MR) is 265 cm³/mol. The van der Waals surface area contributed by atoms with Crippen molar-refractivity contribution >= 4 is 30.2 Å². The molecule has 0 amide bonds. The smallest absolute Gasteiger partial charge is 0.330 e. The summed E-state index contributed by atoms with van der Waals surface area (Å²) in [5.41, 5.74) is 1.07. The van der Waals surface area contributed by atoms with Crippen molar-refractivity contribution in [2.45, 2.75) is 98.2 Å². The van der Waals surface area contributed by atoms with Crippen molar-refractivity contribution in [2.75, 3.05) is 34.0 Å². The van der Waals surface area contributed by atoms with Crippen molar-refractivity contribution in [1.82, 2.24) is 0 Å². The molecule has 16 atom stereocenters. The standard InChI is InChI=1S/C53H58O26/c1-69-33-15-23(3-11-29(33)57)5-13-39(59)71-21-37-42(62)45(65)48(68)52(77-37)79-50-46(66)43(63)38(22-72-40(60)14-6-24-4-12-30(58)34(16-24)70-2)78-53(50)75-35-19-28-31(73-49(35)25-7-9-26(55)10-8-25)17-27(56)18-32(28)74-51-47(67)44(64)41(61)36(20-54)76-51/h3-19,36-38,41-58,61-68H,20-22H2,1-2H3. The number of ether oxygens (including phenoxy) is 11. The molecule has 0 bridgehead atoms. The molecule has 16 unspecified atom stereocenters. The van der Waals surface area contributed by atoms with E-state index in [-0.39, 0.29) is 57.1 Å². The Bertz CT molecular complexity index is 2850. The fraction of sp³-hybridized carbons (Fsp3) is 0.396. The largest absolute Gasteiger partial charge is 0.508 e. The number of aliphatic hydroxyl groups excluding tert-OH is 9. The summed E-state index contributed by atoms with van der Waals surface area (Å²) in [6, 6.07) is 16.2. The van der Waals surface area contributed by atoms with Gasteiger partial charge in [-0.1, -0.05) is 24.3 Å². The van der Waals surface area contributed by atoms with E-state index in [1.807, 2.05) is 0 Å². The van der Waals surface area contributed by atoms with E-state index in [0.29, 0.717) is 11.1 Å². The first-order valence-electron chi connectivity index (χ1n) is 24.3. The average Bonchev–Trinajstić information content (AvgIpc) is 3.47. The van der Waals surface area contributed by atoms with Crippen LogP contribution in [-0.2, 0) is 42.7 Å². The Morgan fingerprint density at radius 2 is 1.06 bits per heavy atom. The lowest BCUT2D eigenvalue weighted by Crippen LogP contribution is -2.64. The zero-order valence-corrected chi connectivity index (χ0v) is 41.8. The molecule has 26 nitrogen and oxygen atoms in total. The Hall–Kier alpha value is -7.28. The maximum Gasteiger partial charge on any atom is 0.330 e. The lowest BCUT2D eigenvalue weighted by atomic mass is 9.97. The summed E-state index contributed by atoms with van der Waals surface area (Å²) in [5.74, 6) is -3.25. The van der Waals surface area contributed by atoms with Gasteiger partial charge in [-0.15, -0.1) is 0 Å². The van der Waals surface area contributed by atoms with Crippen molar-refractivity contribution in [3.8, 4) is 46.0 Å². The molecule has 0 aromatic heterocycles. The molecule has 0 saturated carbocycles. The number of hydrogen-bond donors (Lipinski definition) is 13. The highest BCUT2D eigenvalue weighted by molar-refractivity contribution is 5.87. The van der Waals surface area contributed by atoms with Gasteiger partial charge in [0, 0.05) is 29.8 Å². The van der Waals surface area contributed by atoms with Gasteiger partial charge < -0.3 is 118 Å². The van der Waals surface area contributed by atoms with Crippen LogP contribution >= 0.6 is 0 Å². The van der Waals surface area contributed by atoms with E-state index in [9.17, 15) is 76.0 Å². The maximum absolute atomic E-state index is 13.1. The Morgan fingerprint density at radius 3 is 1.62 bits per heavy atom. The lowest BCUT2D eigenvalue weighted by molar-refractivity contribution is -0.364. The molecule has 4 aliphatic heterocycles. The number of phenolic OH excluding ortho intramolecular Hbond substituents is 4. The number of carbonyl (C=O) groups is 2. The molecule has 79 heavy (non-hydrogen) atoms. The maximum atomic E-state index is 13.1. The second kappa shape index (κ2) is 25.2. The zero-order valence-electron chi connectivity index (χ0n) is 41.8. The number of esters is 2. The lowest BCUT2D eigenvalue weighted by Gasteiger charge is -2.46. The van der Waals surface area contributed by atoms with Gasteiger partial charge in [0.05, 0.1) is 26.4 Å². The van der Waals surface area contributed by atoms with Gasteiger partial charge in [0.25, 0.3) is 0 Å². The Morgan fingerprint density at radius 1 is 0.544 bits per heavy atom. The fourth-order valence-electron chi connectivity index (χ4n) is 8.68. The van der Waals surface area contributed by atoms with Gasteiger partial charge in [-0.25, -0.2) is 9.59 Å². The van der Waals surface area contributed by atoms with E-state index >= 15 is 0 Å². The molecule has 0 radical (unpaired) electrons. The molecule has 4 heterocycles. The molecule has 4 aromatic carbocycles. The third kappa shape index (κ3) is 13.3. The minimum atomic E-state index is -2.12. The predicted octanol–water partition coefficient (Wildman–Crippen LogP) is -0.651. The highest BCUT2D eigenvalue weighted by Crippen LogP contribution is 2.46. The van der Waals surface area contributed by atoms with Gasteiger partial charge in [-0.2, -0.15) is 0 Å². The Balaban J connectivity index is 1.10. The van der Waals surface area contributed by atoms with Crippen LogP contribution < -0.4 is 18.9 Å². The van der Waals surface area contributed by atoms with Crippen molar-refractivity contribution in [3.63, 3.8) is 0 Å². The summed E-state index contributed by atoms with van der Waals surface area (Å²) in [6.45, 7) is -2.31. The summed E-state index contributed by atoms with van der Waals surface area (Å²) in [6.07, 6.45) is -23.5. The van der Waals surface area contributed by atoms with Crippen LogP contribution in [0, 0.1) is 0 Å². The number of fused-ring (bicyclic) bond motifs is 1. The number of methoxy groups -OCH3 is 2. The quantitative estimate of drug-likeness (QED) is 0.0435. The first-order chi connectivity index (χ1) is 37.8. The molecule has 4 aromatic rings. The van der Waals surface area contributed by atoms with E-state index in [1.54, 1.807) is 0 Å². The van der Waals surface area contributed by atoms with Gasteiger partial charge in [0.15, 0.2) is 41.5 Å². The van der Waals surface area contributed by atoms with E-state index < -0.39 is 136 Å². The van der Waals surface area contributed by atoms with Gasteiger partial charge in [0.1, 0.15) is 109 Å². The molecule has 26 heteroatoms. The van der Waals surface area contributed by atoms with Crippen LogP contribution in [0.1, 0.15) is 28.4 Å². The molecular weight excluding hydrogens is 1050 g/mol. The third-order valence-electron chi connectivity index (χ3n) is 13.0. The van der Waals surface area contributed by atoms with Gasteiger partial charge >= 0.3 is 11.9 Å². The summed E-state index contributed by atoms with van der Waals surface area (Å²) in [4.78, 5) is 25.9. The molecule has 426 valence electrons. The molecule has 8 rings (SSSR count). The zero-order chi connectivity index (χ0) is 56.8. The minimum Gasteiger partial charge on any atom is -0.508 e. The van der Waals surface area contributed by atoms with Crippen LogP contribution in [0.25, 0.3) is 18.2 Å².